The highest BCUT2D eigenvalue weighted by Gasteiger charge is 2.24. The smallest absolute Gasteiger partial charge is 0.387 e. The van der Waals surface area contributed by atoms with E-state index in [1.54, 1.807) is 0 Å². The number of hydrogen-bond acceptors (Lipinski definition) is 4. The van der Waals surface area contributed by atoms with Crippen LogP contribution in [0.2, 0.25) is 5.02 Å². The number of anilines is 1. The quantitative estimate of drug-likeness (QED) is 0.836. The first-order valence-electron chi connectivity index (χ1n) is 6.04. The third-order valence-electron chi connectivity index (χ3n) is 2.69. The molecule has 1 amide bonds. The van der Waals surface area contributed by atoms with E-state index in [1.807, 2.05) is 0 Å². The van der Waals surface area contributed by atoms with Gasteiger partial charge in [0.2, 0.25) is 0 Å². The maximum Gasteiger partial charge on any atom is 0.387 e. The first-order chi connectivity index (χ1) is 9.97. The van der Waals surface area contributed by atoms with E-state index in [4.69, 9.17) is 16.3 Å². The summed E-state index contributed by atoms with van der Waals surface area (Å²) >= 11 is 8.93. The second-order valence-corrected chi connectivity index (χ2v) is 5.49. The number of amides is 1. The van der Waals surface area contributed by atoms with Crippen molar-refractivity contribution < 1.29 is 23.0 Å². The predicted octanol–water partition coefficient (Wildman–Crippen LogP) is 2.63. The number of morpholine rings is 1. The number of carbonyl (C=O) groups is 1. The summed E-state index contributed by atoms with van der Waals surface area (Å²) in [5.74, 6) is -0.651. The van der Waals surface area contributed by atoms with E-state index in [0.29, 0.717) is 19.7 Å². The molecule has 1 aliphatic rings. The Morgan fingerprint density at radius 3 is 2.95 bits per heavy atom. The molecule has 1 atom stereocenters. The molecule has 0 radical (unpaired) electrons. The molecule has 0 aliphatic carbocycles. The fraction of sp³-hybridized carbons (Fsp3) is 0.417. The Morgan fingerprint density at radius 2 is 2.33 bits per heavy atom. The van der Waals surface area contributed by atoms with E-state index in [-0.39, 0.29) is 20.9 Å². The molecular formula is C12H12BrClF2N2O3. The van der Waals surface area contributed by atoms with Crippen molar-refractivity contribution in [3.05, 3.63) is 21.6 Å². The van der Waals surface area contributed by atoms with Gasteiger partial charge in [0.15, 0.2) is 5.75 Å². The predicted molar refractivity (Wildman–Crippen MR) is 77.0 cm³/mol. The average molecular weight is 386 g/mol. The fourth-order valence-electron chi connectivity index (χ4n) is 1.81. The molecule has 9 heteroatoms. The van der Waals surface area contributed by atoms with Gasteiger partial charge in [0.05, 0.1) is 16.8 Å². The van der Waals surface area contributed by atoms with Gasteiger partial charge in [-0.05, 0) is 28.1 Å². The van der Waals surface area contributed by atoms with Crippen LogP contribution >= 0.6 is 27.5 Å². The minimum atomic E-state index is -3.02. The van der Waals surface area contributed by atoms with Crippen LogP contribution in [0.15, 0.2) is 16.6 Å². The van der Waals surface area contributed by atoms with Crippen LogP contribution in [0.3, 0.4) is 0 Å². The molecule has 116 valence electrons. The summed E-state index contributed by atoms with van der Waals surface area (Å²) < 4.78 is 34.8. The lowest BCUT2D eigenvalue weighted by molar-refractivity contribution is -0.128. The second-order valence-electron chi connectivity index (χ2n) is 4.20. The number of alkyl halides is 2. The van der Waals surface area contributed by atoms with Gasteiger partial charge in [-0.1, -0.05) is 11.6 Å². The first-order valence-corrected chi connectivity index (χ1v) is 7.21. The molecule has 2 rings (SSSR count). The van der Waals surface area contributed by atoms with E-state index in [1.165, 1.54) is 12.1 Å². The third kappa shape index (κ3) is 4.50. The van der Waals surface area contributed by atoms with Gasteiger partial charge in [-0.2, -0.15) is 8.78 Å². The summed E-state index contributed by atoms with van der Waals surface area (Å²) in [6, 6.07) is 2.73. The van der Waals surface area contributed by atoms with Gasteiger partial charge in [-0.15, -0.1) is 0 Å². The van der Waals surface area contributed by atoms with Crippen molar-refractivity contribution in [3.8, 4) is 5.75 Å². The van der Waals surface area contributed by atoms with E-state index in [9.17, 15) is 13.6 Å². The monoisotopic (exact) mass is 384 g/mol. The van der Waals surface area contributed by atoms with Gasteiger partial charge < -0.3 is 20.1 Å². The maximum atomic E-state index is 12.4. The van der Waals surface area contributed by atoms with Crippen LogP contribution in [0.1, 0.15) is 0 Å². The van der Waals surface area contributed by atoms with E-state index < -0.39 is 18.6 Å². The van der Waals surface area contributed by atoms with Crippen LogP contribution < -0.4 is 15.4 Å². The molecule has 1 fully saturated rings. The molecule has 21 heavy (non-hydrogen) atoms. The first kappa shape index (κ1) is 16.4. The summed E-state index contributed by atoms with van der Waals surface area (Å²) in [6.07, 6.45) is -0.698. The lowest BCUT2D eigenvalue weighted by Crippen LogP contribution is -2.45. The molecule has 1 aromatic carbocycles. The number of rotatable bonds is 4. The van der Waals surface area contributed by atoms with E-state index >= 15 is 0 Å². The molecule has 0 saturated carbocycles. The van der Waals surface area contributed by atoms with Gasteiger partial charge in [0.1, 0.15) is 6.10 Å². The molecule has 5 nitrogen and oxygen atoms in total. The van der Waals surface area contributed by atoms with Crippen LogP contribution in [0, 0.1) is 0 Å². The van der Waals surface area contributed by atoms with Gasteiger partial charge in [-0.25, -0.2) is 0 Å². The second kappa shape index (κ2) is 7.35. The molecule has 1 heterocycles. The normalized spacial score (nSPS) is 18.6. The number of carbonyl (C=O) groups excluding carboxylic acids is 1. The molecule has 1 aliphatic heterocycles. The third-order valence-corrected chi connectivity index (χ3v) is 3.50. The zero-order valence-corrected chi connectivity index (χ0v) is 13.0. The highest BCUT2D eigenvalue weighted by Crippen LogP contribution is 2.37. The van der Waals surface area contributed by atoms with Crippen LogP contribution in [0.4, 0.5) is 14.5 Å². The number of hydrogen-bond donors (Lipinski definition) is 2. The minimum Gasteiger partial charge on any atom is -0.431 e. The van der Waals surface area contributed by atoms with Gasteiger partial charge in [-0.3, -0.25) is 4.79 Å². The van der Waals surface area contributed by atoms with Crippen molar-refractivity contribution in [3.63, 3.8) is 0 Å². The molecule has 1 saturated heterocycles. The standard InChI is InChI=1S/C12H12BrClF2N2O3/c13-7-3-6(14)4-8(10(7)21-12(15)16)18-11(19)9-5-17-1-2-20-9/h3-4,9,12,17H,1-2,5H2,(H,18,19). The van der Waals surface area contributed by atoms with Gasteiger partial charge >= 0.3 is 6.61 Å². The van der Waals surface area contributed by atoms with E-state index in [0.717, 1.165) is 0 Å². The highest BCUT2D eigenvalue weighted by molar-refractivity contribution is 9.10. The lowest BCUT2D eigenvalue weighted by atomic mass is 10.2. The fourth-order valence-corrected chi connectivity index (χ4v) is 2.71. The Bertz CT molecular complexity index is 527. The summed E-state index contributed by atoms with van der Waals surface area (Å²) in [5.41, 5.74) is 0.0499. The van der Waals surface area contributed by atoms with Crippen molar-refractivity contribution in [1.82, 2.24) is 5.32 Å². The molecular weight excluding hydrogens is 373 g/mol. The molecule has 2 N–H and O–H groups in total. The maximum absolute atomic E-state index is 12.4. The lowest BCUT2D eigenvalue weighted by Gasteiger charge is -2.23. The zero-order chi connectivity index (χ0) is 15.4. The SMILES string of the molecule is O=C(Nc1cc(Cl)cc(Br)c1OC(F)F)C1CNCCO1. The van der Waals surface area contributed by atoms with Crippen molar-refractivity contribution in [2.75, 3.05) is 25.0 Å². The van der Waals surface area contributed by atoms with Gasteiger partial charge in [0, 0.05) is 18.1 Å². The molecule has 0 aromatic heterocycles. The van der Waals surface area contributed by atoms with Crippen LogP contribution in [0.5, 0.6) is 5.75 Å². The number of nitrogens with one attached hydrogen (secondary N) is 2. The number of halogens is 4. The summed E-state index contributed by atoms with van der Waals surface area (Å²) in [4.78, 5) is 12.1. The number of ether oxygens (including phenoxy) is 2. The summed E-state index contributed by atoms with van der Waals surface area (Å²) in [7, 11) is 0. The molecule has 1 aromatic rings. The number of benzene rings is 1. The Hall–Kier alpha value is -0.960. The molecule has 1 unspecified atom stereocenters. The van der Waals surface area contributed by atoms with Crippen molar-refractivity contribution in [2.24, 2.45) is 0 Å². The van der Waals surface area contributed by atoms with Crippen molar-refractivity contribution >= 4 is 39.1 Å². The van der Waals surface area contributed by atoms with Crippen molar-refractivity contribution in [2.45, 2.75) is 12.7 Å². The topological polar surface area (TPSA) is 59.6 Å². The average Bonchev–Trinajstić information content (AvgIpc) is 2.43. The Morgan fingerprint density at radius 1 is 1.57 bits per heavy atom. The van der Waals surface area contributed by atoms with Crippen LogP contribution in [-0.2, 0) is 9.53 Å². The van der Waals surface area contributed by atoms with Crippen molar-refractivity contribution in [1.29, 1.82) is 0 Å². The summed E-state index contributed by atoms with van der Waals surface area (Å²) in [6.45, 7) is -1.62. The minimum absolute atomic E-state index is 0.0499. The highest BCUT2D eigenvalue weighted by atomic mass is 79.9. The molecule has 0 spiro atoms. The molecule has 0 bridgehead atoms. The largest absolute Gasteiger partial charge is 0.431 e. The summed E-state index contributed by atoms with van der Waals surface area (Å²) in [5, 5.41) is 5.75. The van der Waals surface area contributed by atoms with Crippen LogP contribution in [-0.4, -0.2) is 38.3 Å². The van der Waals surface area contributed by atoms with E-state index in [2.05, 4.69) is 31.3 Å². The Kier molecular flexibility index (Phi) is 5.74. The Balaban J connectivity index is 2.19. The zero-order valence-electron chi connectivity index (χ0n) is 10.7. The Labute approximate surface area is 133 Å². The van der Waals surface area contributed by atoms with Crippen LogP contribution in [0.25, 0.3) is 0 Å². The van der Waals surface area contributed by atoms with Gasteiger partial charge in [0.25, 0.3) is 5.91 Å².